The van der Waals surface area contributed by atoms with Gasteiger partial charge in [-0.25, -0.2) is 0 Å². The lowest BCUT2D eigenvalue weighted by Gasteiger charge is -2.11. The first-order valence-corrected chi connectivity index (χ1v) is 5.51. The molecule has 0 saturated carbocycles. The maximum absolute atomic E-state index is 5.97. The predicted octanol–water partition coefficient (Wildman–Crippen LogP) is 3.62. The van der Waals surface area contributed by atoms with Crippen LogP contribution >= 0.6 is 0 Å². The quantitative estimate of drug-likeness (QED) is 0.571. The van der Waals surface area contributed by atoms with Gasteiger partial charge in [0.05, 0.1) is 0 Å². The second kappa shape index (κ2) is 5.04. The summed E-state index contributed by atoms with van der Waals surface area (Å²) in [7, 11) is 0. The van der Waals surface area contributed by atoms with Crippen molar-refractivity contribution in [2.45, 2.75) is 46.5 Å². The molecule has 0 unspecified atom stereocenters. The first kappa shape index (κ1) is 11.1. The first-order valence-electron chi connectivity index (χ1n) is 5.51. The molecule has 0 saturated heterocycles. The molecule has 1 aromatic carbocycles. The Morgan fingerprint density at radius 2 is 1.86 bits per heavy atom. The van der Waals surface area contributed by atoms with E-state index >= 15 is 0 Å². The Kier molecular flexibility index (Phi) is 3.99. The minimum absolute atomic E-state index is 0.962. The monoisotopic (exact) mass is 191 g/mol. The normalized spacial score (nSPS) is 10.5. The van der Waals surface area contributed by atoms with Crippen LogP contribution in [0, 0.1) is 13.8 Å². The number of aryl methyl sites for hydroxylation is 1. The Morgan fingerprint density at radius 1 is 1.14 bits per heavy atom. The lowest BCUT2D eigenvalue weighted by molar-refractivity contribution is 0.716. The third-order valence-electron chi connectivity index (χ3n) is 2.94. The van der Waals surface area contributed by atoms with Crippen molar-refractivity contribution in [2.75, 3.05) is 5.73 Å². The number of hydrogen-bond acceptors (Lipinski definition) is 1. The minimum Gasteiger partial charge on any atom is -0.398 e. The van der Waals surface area contributed by atoms with Gasteiger partial charge in [-0.3, -0.25) is 0 Å². The number of hydrogen-bond donors (Lipinski definition) is 1. The van der Waals surface area contributed by atoms with E-state index in [1.807, 2.05) is 6.07 Å². The Bertz CT molecular complexity index is 302. The Labute approximate surface area is 87.3 Å². The molecule has 0 atom stereocenters. The maximum atomic E-state index is 5.97. The summed E-state index contributed by atoms with van der Waals surface area (Å²) < 4.78 is 0. The van der Waals surface area contributed by atoms with Crippen LogP contribution in [0.2, 0.25) is 0 Å². The SMILES string of the molecule is CCCCCc1c(N)ccc(C)c1C. The van der Waals surface area contributed by atoms with Crippen LogP contribution in [0.5, 0.6) is 0 Å². The third kappa shape index (κ3) is 2.50. The van der Waals surface area contributed by atoms with Gasteiger partial charge in [0.25, 0.3) is 0 Å². The van der Waals surface area contributed by atoms with Crippen LogP contribution in [0.4, 0.5) is 5.69 Å². The number of rotatable bonds is 4. The standard InChI is InChI=1S/C13H21N/c1-4-5-6-7-12-11(3)10(2)8-9-13(12)14/h8-9H,4-7,14H2,1-3H3. The minimum atomic E-state index is 0.962. The van der Waals surface area contributed by atoms with Gasteiger partial charge in [-0.15, -0.1) is 0 Å². The van der Waals surface area contributed by atoms with E-state index in [0.29, 0.717) is 0 Å². The number of unbranched alkanes of at least 4 members (excludes halogenated alkanes) is 2. The topological polar surface area (TPSA) is 26.0 Å². The predicted molar refractivity (Wildman–Crippen MR) is 63.6 cm³/mol. The average Bonchev–Trinajstić information content (AvgIpc) is 2.18. The van der Waals surface area contributed by atoms with Crippen LogP contribution in [-0.4, -0.2) is 0 Å². The molecule has 0 aliphatic rings. The van der Waals surface area contributed by atoms with E-state index in [0.717, 1.165) is 12.1 Å². The molecule has 0 radical (unpaired) electrons. The summed E-state index contributed by atoms with van der Waals surface area (Å²) in [5.74, 6) is 0. The fraction of sp³-hybridized carbons (Fsp3) is 0.538. The van der Waals surface area contributed by atoms with E-state index in [4.69, 9.17) is 5.73 Å². The Hall–Kier alpha value is -0.980. The molecule has 2 N–H and O–H groups in total. The summed E-state index contributed by atoms with van der Waals surface area (Å²) in [5, 5.41) is 0. The van der Waals surface area contributed by atoms with Gasteiger partial charge >= 0.3 is 0 Å². The second-order valence-corrected chi connectivity index (χ2v) is 4.03. The van der Waals surface area contributed by atoms with Gasteiger partial charge in [0.2, 0.25) is 0 Å². The van der Waals surface area contributed by atoms with Crippen LogP contribution in [0.25, 0.3) is 0 Å². The molecule has 14 heavy (non-hydrogen) atoms. The number of benzene rings is 1. The van der Waals surface area contributed by atoms with Gasteiger partial charge in [-0.1, -0.05) is 25.8 Å². The summed E-state index contributed by atoms with van der Waals surface area (Å²) >= 11 is 0. The third-order valence-corrected chi connectivity index (χ3v) is 2.94. The summed E-state index contributed by atoms with van der Waals surface area (Å²) in [6.45, 7) is 6.55. The summed E-state index contributed by atoms with van der Waals surface area (Å²) in [6, 6.07) is 4.14. The Morgan fingerprint density at radius 3 is 2.50 bits per heavy atom. The van der Waals surface area contributed by atoms with E-state index in [-0.39, 0.29) is 0 Å². The van der Waals surface area contributed by atoms with Crippen molar-refractivity contribution in [1.82, 2.24) is 0 Å². The van der Waals surface area contributed by atoms with Gasteiger partial charge in [0.15, 0.2) is 0 Å². The molecule has 0 aliphatic heterocycles. The lowest BCUT2D eigenvalue weighted by atomic mass is 9.97. The number of anilines is 1. The van der Waals surface area contributed by atoms with Crippen molar-refractivity contribution in [3.8, 4) is 0 Å². The van der Waals surface area contributed by atoms with Crippen molar-refractivity contribution < 1.29 is 0 Å². The molecule has 0 amide bonds. The number of nitrogens with two attached hydrogens (primary N) is 1. The van der Waals surface area contributed by atoms with E-state index in [2.05, 4.69) is 26.8 Å². The molecule has 1 aromatic rings. The fourth-order valence-corrected chi connectivity index (χ4v) is 1.78. The molecule has 78 valence electrons. The summed E-state index contributed by atoms with van der Waals surface area (Å²) in [4.78, 5) is 0. The zero-order valence-electron chi connectivity index (χ0n) is 9.56. The smallest absolute Gasteiger partial charge is 0.0349 e. The Balaban J connectivity index is 2.79. The van der Waals surface area contributed by atoms with Gasteiger partial charge in [0.1, 0.15) is 0 Å². The van der Waals surface area contributed by atoms with Crippen LogP contribution in [0.1, 0.15) is 42.9 Å². The van der Waals surface area contributed by atoms with Crippen LogP contribution < -0.4 is 5.73 Å². The van der Waals surface area contributed by atoms with Crippen molar-refractivity contribution >= 4 is 5.69 Å². The molecular formula is C13H21N. The highest BCUT2D eigenvalue weighted by Crippen LogP contribution is 2.22. The zero-order chi connectivity index (χ0) is 10.6. The highest BCUT2D eigenvalue weighted by molar-refractivity contribution is 5.53. The van der Waals surface area contributed by atoms with Gasteiger partial charge in [-0.05, 0) is 49.4 Å². The maximum Gasteiger partial charge on any atom is 0.0349 e. The molecule has 1 rings (SSSR count). The zero-order valence-corrected chi connectivity index (χ0v) is 9.56. The second-order valence-electron chi connectivity index (χ2n) is 4.03. The van der Waals surface area contributed by atoms with Crippen molar-refractivity contribution in [2.24, 2.45) is 0 Å². The number of nitrogen functional groups attached to an aromatic ring is 1. The fourth-order valence-electron chi connectivity index (χ4n) is 1.78. The molecule has 0 fully saturated rings. The van der Waals surface area contributed by atoms with Crippen LogP contribution in [0.3, 0.4) is 0 Å². The molecule has 1 nitrogen and oxygen atoms in total. The molecular weight excluding hydrogens is 170 g/mol. The van der Waals surface area contributed by atoms with Crippen LogP contribution in [-0.2, 0) is 6.42 Å². The van der Waals surface area contributed by atoms with Gasteiger partial charge in [-0.2, -0.15) is 0 Å². The highest BCUT2D eigenvalue weighted by Gasteiger charge is 2.04. The molecule has 0 heterocycles. The summed E-state index contributed by atoms with van der Waals surface area (Å²) in [6.07, 6.45) is 4.95. The summed E-state index contributed by atoms with van der Waals surface area (Å²) in [5.41, 5.74) is 11.0. The molecule has 0 aliphatic carbocycles. The molecule has 0 aromatic heterocycles. The van der Waals surface area contributed by atoms with E-state index < -0.39 is 0 Å². The van der Waals surface area contributed by atoms with E-state index in [9.17, 15) is 0 Å². The van der Waals surface area contributed by atoms with Crippen molar-refractivity contribution in [3.05, 3.63) is 28.8 Å². The first-order chi connectivity index (χ1) is 6.66. The van der Waals surface area contributed by atoms with Crippen LogP contribution in [0.15, 0.2) is 12.1 Å². The largest absolute Gasteiger partial charge is 0.398 e. The van der Waals surface area contributed by atoms with Crippen molar-refractivity contribution in [3.63, 3.8) is 0 Å². The molecule has 0 spiro atoms. The highest BCUT2D eigenvalue weighted by atomic mass is 14.6. The average molecular weight is 191 g/mol. The van der Waals surface area contributed by atoms with Gasteiger partial charge < -0.3 is 5.73 Å². The van der Waals surface area contributed by atoms with Gasteiger partial charge in [0, 0.05) is 5.69 Å². The van der Waals surface area contributed by atoms with E-state index in [1.54, 1.807) is 0 Å². The lowest BCUT2D eigenvalue weighted by Crippen LogP contribution is -1.99. The molecule has 1 heteroatoms. The van der Waals surface area contributed by atoms with Crippen molar-refractivity contribution in [1.29, 1.82) is 0 Å². The van der Waals surface area contributed by atoms with E-state index in [1.165, 1.54) is 36.0 Å². The molecule has 0 bridgehead atoms.